The number of carbonyl (C=O) groups excluding carboxylic acids is 2. The zero-order valence-corrected chi connectivity index (χ0v) is 16.9. The summed E-state index contributed by atoms with van der Waals surface area (Å²) in [4.78, 5) is 25.9. The highest BCUT2D eigenvalue weighted by atomic mass is 32.2. The van der Waals surface area contributed by atoms with E-state index in [9.17, 15) is 9.59 Å². The molecule has 0 aliphatic carbocycles. The predicted molar refractivity (Wildman–Crippen MR) is 110 cm³/mol. The van der Waals surface area contributed by atoms with Crippen LogP contribution in [0.4, 0.5) is 0 Å². The lowest BCUT2D eigenvalue weighted by Crippen LogP contribution is -2.27. The molecule has 1 aliphatic rings. The van der Waals surface area contributed by atoms with Crippen molar-refractivity contribution in [1.29, 1.82) is 0 Å². The lowest BCUT2D eigenvalue weighted by atomic mass is 10.2. The van der Waals surface area contributed by atoms with Crippen molar-refractivity contribution in [3.63, 3.8) is 0 Å². The molecule has 0 N–H and O–H groups in total. The zero-order valence-electron chi connectivity index (χ0n) is 15.2. The van der Waals surface area contributed by atoms with Crippen molar-refractivity contribution in [1.82, 2.24) is 4.90 Å². The maximum Gasteiger partial charge on any atom is 0.344 e. The number of esters is 1. The molecule has 0 saturated carbocycles. The fraction of sp³-hybridized carbons (Fsp3) is 0.316. The number of hydrogen-bond donors (Lipinski definition) is 0. The van der Waals surface area contributed by atoms with Crippen LogP contribution < -0.4 is 9.47 Å². The number of ether oxygens (including phenoxy) is 3. The van der Waals surface area contributed by atoms with Crippen molar-refractivity contribution >= 4 is 46.3 Å². The molecule has 1 aliphatic heterocycles. The van der Waals surface area contributed by atoms with Crippen LogP contribution in [0.5, 0.6) is 11.5 Å². The number of hydrogen-bond acceptors (Lipinski definition) is 7. The van der Waals surface area contributed by atoms with Gasteiger partial charge in [0.15, 0.2) is 18.1 Å². The van der Waals surface area contributed by atoms with Crippen LogP contribution in [-0.2, 0) is 14.3 Å². The molecule has 2 rings (SSSR count). The van der Waals surface area contributed by atoms with E-state index in [1.165, 1.54) is 16.7 Å². The Kier molecular flexibility index (Phi) is 7.87. The van der Waals surface area contributed by atoms with E-state index in [0.717, 1.165) is 5.56 Å². The van der Waals surface area contributed by atoms with Crippen molar-refractivity contribution in [3.05, 3.63) is 41.3 Å². The molecule has 0 bridgehead atoms. The summed E-state index contributed by atoms with van der Waals surface area (Å²) >= 11 is 6.48. The second kappa shape index (κ2) is 10.1. The van der Waals surface area contributed by atoms with Gasteiger partial charge in [-0.3, -0.25) is 9.69 Å². The third-order valence-corrected chi connectivity index (χ3v) is 4.78. The van der Waals surface area contributed by atoms with Gasteiger partial charge in [-0.15, -0.1) is 6.58 Å². The van der Waals surface area contributed by atoms with Crippen molar-refractivity contribution in [2.75, 3.05) is 26.4 Å². The molecule has 0 aromatic heterocycles. The molecule has 0 unspecified atom stereocenters. The van der Waals surface area contributed by atoms with Gasteiger partial charge in [-0.1, -0.05) is 36.1 Å². The molecule has 0 spiro atoms. The van der Waals surface area contributed by atoms with Gasteiger partial charge < -0.3 is 14.2 Å². The first-order chi connectivity index (χ1) is 13.0. The van der Waals surface area contributed by atoms with Crippen LogP contribution in [0.1, 0.15) is 19.4 Å². The van der Waals surface area contributed by atoms with Crippen LogP contribution in [0, 0.1) is 0 Å². The highest BCUT2D eigenvalue weighted by Gasteiger charge is 2.31. The third-order valence-electron chi connectivity index (χ3n) is 3.40. The highest BCUT2D eigenvalue weighted by molar-refractivity contribution is 8.26. The van der Waals surface area contributed by atoms with Crippen LogP contribution in [0.3, 0.4) is 0 Å². The maximum absolute atomic E-state index is 12.4. The van der Waals surface area contributed by atoms with E-state index in [1.807, 2.05) is 6.92 Å². The lowest BCUT2D eigenvalue weighted by Gasteiger charge is -2.12. The topological polar surface area (TPSA) is 65.1 Å². The van der Waals surface area contributed by atoms with Crippen LogP contribution in [0.15, 0.2) is 35.8 Å². The van der Waals surface area contributed by atoms with Gasteiger partial charge in [-0.25, -0.2) is 4.79 Å². The van der Waals surface area contributed by atoms with Crippen LogP contribution >= 0.6 is 24.0 Å². The van der Waals surface area contributed by atoms with Crippen LogP contribution in [-0.4, -0.2) is 47.5 Å². The Morgan fingerprint density at radius 2 is 2.04 bits per heavy atom. The van der Waals surface area contributed by atoms with Gasteiger partial charge in [0.25, 0.3) is 5.91 Å². The van der Waals surface area contributed by atoms with E-state index in [-0.39, 0.29) is 12.5 Å². The summed E-state index contributed by atoms with van der Waals surface area (Å²) < 4.78 is 16.4. The Bertz CT molecular complexity index is 775. The second-order valence-electron chi connectivity index (χ2n) is 5.31. The second-order valence-corrected chi connectivity index (χ2v) is 6.99. The number of thiocarbonyl (C=S) groups is 1. The van der Waals surface area contributed by atoms with Gasteiger partial charge in [0.05, 0.1) is 18.1 Å². The quantitative estimate of drug-likeness (QED) is 0.269. The maximum atomic E-state index is 12.4. The molecule has 1 heterocycles. The zero-order chi connectivity index (χ0) is 19.8. The minimum Gasteiger partial charge on any atom is -0.490 e. The van der Waals surface area contributed by atoms with Crippen LogP contribution in [0.2, 0.25) is 0 Å². The summed E-state index contributed by atoms with van der Waals surface area (Å²) in [6.07, 6.45) is 3.39. The van der Waals surface area contributed by atoms with Gasteiger partial charge >= 0.3 is 5.97 Å². The van der Waals surface area contributed by atoms with E-state index >= 15 is 0 Å². The van der Waals surface area contributed by atoms with Gasteiger partial charge in [0.1, 0.15) is 4.32 Å². The lowest BCUT2D eigenvalue weighted by molar-refractivity contribution is -0.145. The first-order valence-electron chi connectivity index (χ1n) is 8.41. The molecule has 1 amide bonds. The Labute approximate surface area is 168 Å². The minimum atomic E-state index is -0.449. The van der Waals surface area contributed by atoms with E-state index < -0.39 is 5.97 Å². The first-order valence-corrected chi connectivity index (χ1v) is 9.64. The van der Waals surface area contributed by atoms with Crippen molar-refractivity contribution in [2.45, 2.75) is 13.8 Å². The number of rotatable bonds is 9. The highest BCUT2D eigenvalue weighted by Crippen LogP contribution is 2.34. The molecule has 6 nitrogen and oxygen atoms in total. The van der Waals surface area contributed by atoms with Gasteiger partial charge in [0, 0.05) is 6.54 Å². The van der Waals surface area contributed by atoms with E-state index in [4.69, 9.17) is 26.4 Å². The summed E-state index contributed by atoms with van der Waals surface area (Å²) in [5.41, 5.74) is 0.765. The average Bonchev–Trinajstić information content (AvgIpc) is 2.89. The number of thioether (sulfide) groups is 1. The van der Waals surface area contributed by atoms with Crippen molar-refractivity contribution in [2.24, 2.45) is 0 Å². The molecule has 0 atom stereocenters. The largest absolute Gasteiger partial charge is 0.490 e. The Hall–Kier alpha value is -2.32. The summed E-state index contributed by atoms with van der Waals surface area (Å²) in [7, 11) is 0. The molecular weight excluding hydrogens is 386 g/mol. The number of carbonyl (C=O) groups is 2. The molecule has 1 fully saturated rings. The first kappa shape index (κ1) is 21.0. The molecule has 144 valence electrons. The molecule has 1 saturated heterocycles. The molecule has 0 radical (unpaired) electrons. The third kappa shape index (κ3) is 5.58. The molecule has 27 heavy (non-hydrogen) atoms. The van der Waals surface area contributed by atoms with E-state index in [1.54, 1.807) is 37.3 Å². The smallest absolute Gasteiger partial charge is 0.344 e. The summed E-state index contributed by atoms with van der Waals surface area (Å²) in [6, 6.07) is 5.23. The van der Waals surface area contributed by atoms with Gasteiger partial charge in [-0.2, -0.15) is 0 Å². The van der Waals surface area contributed by atoms with E-state index in [2.05, 4.69) is 6.58 Å². The summed E-state index contributed by atoms with van der Waals surface area (Å²) in [6.45, 7) is 8.13. The number of amides is 1. The van der Waals surface area contributed by atoms with Gasteiger partial charge in [-0.05, 0) is 37.6 Å². The van der Waals surface area contributed by atoms with Crippen LogP contribution in [0.25, 0.3) is 6.08 Å². The Morgan fingerprint density at radius 3 is 2.70 bits per heavy atom. The summed E-state index contributed by atoms with van der Waals surface area (Å²) in [5.74, 6) is 0.318. The SMILES string of the molecule is C=CCN1C(=O)/C(=C/c2ccc(OCC(=O)OCC)c(OCC)c2)SC1=S. The molecule has 1 aromatic carbocycles. The minimum absolute atomic E-state index is 0.148. The van der Waals surface area contributed by atoms with Crippen molar-refractivity contribution < 1.29 is 23.8 Å². The Balaban J connectivity index is 2.20. The van der Waals surface area contributed by atoms with Gasteiger partial charge in [0.2, 0.25) is 0 Å². The predicted octanol–water partition coefficient (Wildman–Crippen LogP) is 3.41. The fourth-order valence-corrected chi connectivity index (χ4v) is 3.55. The molecule has 1 aromatic rings. The molecule has 8 heteroatoms. The van der Waals surface area contributed by atoms with Crippen molar-refractivity contribution in [3.8, 4) is 11.5 Å². The fourth-order valence-electron chi connectivity index (χ4n) is 2.28. The standard InChI is InChI=1S/C19H21NO5S2/c1-4-9-20-18(22)16(27-19(20)26)11-13-7-8-14(15(10-13)23-5-2)25-12-17(21)24-6-3/h4,7-8,10-11H,1,5-6,9,12H2,2-3H3/b16-11-. The summed E-state index contributed by atoms with van der Waals surface area (Å²) in [5, 5.41) is 0. The number of benzene rings is 1. The van der Waals surface area contributed by atoms with E-state index in [0.29, 0.717) is 40.5 Å². The normalized spacial score (nSPS) is 15.2. The molecular formula is C19H21NO5S2. The average molecular weight is 408 g/mol. The number of nitrogens with zero attached hydrogens (tertiary/aromatic N) is 1. The monoisotopic (exact) mass is 407 g/mol. The Morgan fingerprint density at radius 1 is 1.26 bits per heavy atom.